The zero-order chi connectivity index (χ0) is 21.7. The molecular weight excluding hydrogens is 402 g/mol. The summed E-state index contributed by atoms with van der Waals surface area (Å²) >= 11 is 1.36. The van der Waals surface area contributed by atoms with Crippen molar-refractivity contribution in [1.29, 1.82) is 5.26 Å². The summed E-state index contributed by atoms with van der Waals surface area (Å²) in [5, 5.41) is 13.1. The van der Waals surface area contributed by atoms with Gasteiger partial charge in [-0.3, -0.25) is 4.79 Å². The monoisotopic (exact) mass is 427 g/mol. The van der Waals surface area contributed by atoms with Gasteiger partial charge in [-0.2, -0.15) is 5.26 Å². The van der Waals surface area contributed by atoms with E-state index in [9.17, 15) is 14.9 Å². The largest absolute Gasteiger partial charge is 0.496 e. The van der Waals surface area contributed by atoms with Crippen molar-refractivity contribution in [2.24, 2.45) is 0 Å². The van der Waals surface area contributed by atoms with E-state index >= 15 is 0 Å². The van der Waals surface area contributed by atoms with Crippen LogP contribution < -0.4 is 10.1 Å². The third-order valence-corrected chi connectivity index (χ3v) is 6.20. The third-order valence-electron chi connectivity index (χ3n) is 5.07. The lowest BCUT2D eigenvalue weighted by molar-refractivity contribution is -0.116. The van der Waals surface area contributed by atoms with Crippen LogP contribution in [0.5, 0.6) is 5.75 Å². The van der Waals surface area contributed by atoms with E-state index in [1.54, 1.807) is 18.9 Å². The molecule has 8 heteroatoms. The highest BCUT2D eigenvalue weighted by Crippen LogP contribution is 2.37. The van der Waals surface area contributed by atoms with E-state index < -0.39 is 0 Å². The molecule has 158 valence electrons. The third kappa shape index (κ3) is 4.57. The minimum atomic E-state index is -0.354. The fourth-order valence-electron chi connectivity index (χ4n) is 3.62. The van der Waals surface area contributed by atoms with Gasteiger partial charge < -0.3 is 19.7 Å². The van der Waals surface area contributed by atoms with Gasteiger partial charge in [-0.25, -0.2) is 4.79 Å². The first-order valence-corrected chi connectivity index (χ1v) is 10.7. The number of nitrogens with zero attached hydrogens (tertiary/aromatic N) is 2. The molecule has 0 saturated heterocycles. The number of hydrogen-bond donors (Lipinski definition) is 1. The molecule has 1 aromatic heterocycles. The molecule has 0 bridgehead atoms. The van der Waals surface area contributed by atoms with Gasteiger partial charge in [0.25, 0.3) is 0 Å². The molecular formula is C22H25N3O4S. The van der Waals surface area contributed by atoms with Crippen molar-refractivity contribution >= 4 is 28.3 Å². The number of benzene rings is 1. The van der Waals surface area contributed by atoms with Gasteiger partial charge in [-0.1, -0.05) is 18.2 Å². The summed E-state index contributed by atoms with van der Waals surface area (Å²) in [6.45, 7) is 4.95. The normalized spacial score (nSPS) is 12.7. The van der Waals surface area contributed by atoms with E-state index in [1.807, 2.05) is 25.1 Å². The van der Waals surface area contributed by atoms with Crippen LogP contribution in [0.3, 0.4) is 0 Å². The summed E-state index contributed by atoms with van der Waals surface area (Å²) in [5.74, 6) is 0.643. The van der Waals surface area contributed by atoms with Gasteiger partial charge in [0.1, 0.15) is 16.8 Å². The average Bonchev–Trinajstić information content (AvgIpc) is 3.08. The van der Waals surface area contributed by atoms with Crippen molar-refractivity contribution in [2.45, 2.75) is 39.7 Å². The second-order valence-electron chi connectivity index (χ2n) is 7.01. The van der Waals surface area contributed by atoms with Crippen LogP contribution in [0, 0.1) is 18.3 Å². The Labute approximate surface area is 180 Å². The van der Waals surface area contributed by atoms with Crippen LogP contribution in [-0.2, 0) is 28.9 Å². The number of methoxy groups -OCH3 is 1. The van der Waals surface area contributed by atoms with Gasteiger partial charge >= 0.3 is 6.09 Å². The zero-order valence-corrected chi connectivity index (χ0v) is 18.2. The van der Waals surface area contributed by atoms with E-state index in [0.29, 0.717) is 43.1 Å². The molecule has 3 rings (SSSR count). The summed E-state index contributed by atoms with van der Waals surface area (Å²) in [6, 6.07) is 8.09. The van der Waals surface area contributed by atoms with E-state index in [4.69, 9.17) is 9.47 Å². The van der Waals surface area contributed by atoms with Gasteiger partial charge in [0.2, 0.25) is 5.91 Å². The smallest absolute Gasteiger partial charge is 0.410 e. The van der Waals surface area contributed by atoms with Crippen molar-refractivity contribution in [3.63, 3.8) is 0 Å². The van der Waals surface area contributed by atoms with Gasteiger partial charge in [-0.05, 0) is 43.4 Å². The number of ether oxygens (including phenoxy) is 2. The molecule has 1 aromatic carbocycles. The Morgan fingerprint density at radius 2 is 2.17 bits per heavy atom. The van der Waals surface area contributed by atoms with E-state index in [-0.39, 0.29) is 18.4 Å². The highest BCUT2D eigenvalue weighted by atomic mass is 32.1. The fourth-order valence-corrected chi connectivity index (χ4v) is 4.85. The molecule has 0 saturated carbocycles. The average molecular weight is 428 g/mol. The fraction of sp³-hybridized carbons (Fsp3) is 0.409. The molecule has 1 aliphatic rings. The first-order valence-electron chi connectivity index (χ1n) is 9.87. The van der Waals surface area contributed by atoms with Crippen molar-refractivity contribution in [3.05, 3.63) is 45.3 Å². The number of rotatable bonds is 6. The molecule has 0 aliphatic carbocycles. The Bertz CT molecular complexity index is 993. The predicted octanol–water partition coefficient (Wildman–Crippen LogP) is 4.02. The van der Waals surface area contributed by atoms with Gasteiger partial charge in [0.15, 0.2) is 0 Å². The van der Waals surface area contributed by atoms with Gasteiger partial charge in [0, 0.05) is 17.8 Å². The van der Waals surface area contributed by atoms with Crippen LogP contribution >= 0.6 is 11.3 Å². The molecule has 7 nitrogen and oxygen atoms in total. The number of thiophene rings is 1. The minimum absolute atomic E-state index is 0.157. The quantitative estimate of drug-likeness (QED) is 0.752. The van der Waals surface area contributed by atoms with Crippen molar-refractivity contribution in [3.8, 4) is 11.8 Å². The van der Waals surface area contributed by atoms with Crippen molar-refractivity contribution in [2.75, 3.05) is 25.6 Å². The van der Waals surface area contributed by atoms with Crippen LogP contribution in [0.15, 0.2) is 18.2 Å². The summed E-state index contributed by atoms with van der Waals surface area (Å²) in [7, 11) is 1.63. The number of anilines is 1. The highest BCUT2D eigenvalue weighted by Gasteiger charge is 2.28. The molecule has 2 aromatic rings. The molecule has 0 atom stereocenters. The maximum Gasteiger partial charge on any atom is 0.410 e. The standard InChI is InChI=1S/C22H25N3O4S/c1-4-29-22(27)25-11-10-16-17(12-23)21(30-18(16)13-25)24-19(26)9-8-15-7-5-6-14(2)20(15)28-3/h5-7H,4,8-11,13H2,1-3H3,(H,24,26). The van der Waals surface area contributed by atoms with Crippen LogP contribution in [0.2, 0.25) is 0 Å². The zero-order valence-electron chi connectivity index (χ0n) is 17.4. The second-order valence-corrected chi connectivity index (χ2v) is 8.11. The number of hydrogen-bond acceptors (Lipinski definition) is 6. The first-order chi connectivity index (χ1) is 14.5. The molecule has 2 amide bonds. The lowest BCUT2D eigenvalue weighted by Crippen LogP contribution is -2.35. The predicted molar refractivity (Wildman–Crippen MR) is 115 cm³/mol. The van der Waals surface area contributed by atoms with Crippen LogP contribution in [0.25, 0.3) is 0 Å². The number of aryl methyl sites for hydroxylation is 2. The number of fused-ring (bicyclic) bond motifs is 1. The number of carbonyl (C=O) groups is 2. The molecule has 1 aliphatic heterocycles. The lowest BCUT2D eigenvalue weighted by Gasteiger charge is -2.25. The Morgan fingerprint density at radius 1 is 1.37 bits per heavy atom. The molecule has 0 radical (unpaired) electrons. The molecule has 2 heterocycles. The topological polar surface area (TPSA) is 91.7 Å². The maximum atomic E-state index is 12.6. The van der Waals surface area contributed by atoms with Crippen LogP contribution in [0.1, 0.15) is 40.5 Å². The lowest BCUT2D eigenvalue weighted by atomic mass is 10.0. The second kappa shape index (κ2) is 9.63. The van der Waals surface area contributed by atoms with E-state index in [1.165, 1.54) is 11.3 Å². The molecule has 0 unspecified atom stereocenters. The number of nitriles is 1. The molecule has 1 N–H and O–H groups in total. The van der Waals surface area contributed by atoms with E-state index in [0.717, 1.165) is 27.3 Å². The summed E-state index contributed by atoms with van der Waals surface area (Å²) in [6.07, 6.45) is 1.04. The summed E-state index contributed by atoms with van der Waals surface area (Å²) in [5.41, 5.74) is 3.42. The molecule has 30 heavy (non-hydrogen) atoms. The Kier molecular flexibility index (Phi) is 6.95. The SMILES string of the molecule is CCOC(=O)N1CCc2c(sc(NC(=O)CCc3cccc(C)c3OC)c2C#N)C1. The highest BCUT2D eigenvalue weighted by molar-refractivity contribution is 7.16. The number of carbonyl (C=O) groups excluding carboxylic acids is 2. The Hall–Kier alpha value is -3.05. The molecule has 0 spiro atoms. The minimum Gasteiger partial charge on any atom is -0.496 e. The number of amides is 2. The van der Waals surface area contributed by atoms with Crippen LogP contribution in [-0.4, -0.2) is 37.2 Å². The van der Waals surface area contributed by atoms with E-state index in [2.05, 4.69) is 11.4 Å². The Balaban J connectivity index is 1.69. The summed E-state index contributed by atoms with van der Waals surface area (Å²) in [4.78, 5) is 27.1. The van der Waals surface area contributed by atoms with Gasteiger partial charge in [0.05, 0.1) is 25.8 Å². The van der Waals surface area contributed by atoms with Gasteiger partial charge in [-0.15, -0.1) is 11.3 Å². The first kappa shape index (κ1) is 21.7. The molecule has 0 fully saturated rings. The maximum absolute atomic E-state index is 12.6. The van der Waals surface area contributed by atoms with Crippen molar-refractivity contribution < 1.29 is 19.1 Å². The number of nitrogens with one attached hydrogen (secondary N) is 1. The number of para-hydroxylation sites is 1. The Morgan fingerprint density at radius 3 is 2.87 bits per heavy atom. The van der Waals surface area contributed by atoms with Crippen molar-refractivity contribution in [1.82, 2.24) is 4.90 Å². The summed E-state index contributed by atoms with van der Waals surface area (Å²) < 4.78 is 10.5. The van der Waals surface area contributed by atoms with Crippen LogP contribution in [0.4, 0.5) is 9.80 Å².